The molecule has 55 heavy (non-hydrogen) atoms. The molecule has 1 aliphatic heterocycles. The third-order valence-corrected chi connectivity index (χ3v) is 13.1. The Labute approximate surface area is 326 Å². The maximum absolute atomic E-state index is 13.5. The van der Waals surface area contributed by atoms with Gasteiger partial charge in [0, 0.05) is 57.3 Å². The third kappa shape index (κ3) is 7.98. The molecule has 6 aromatic rings. The van der Waals surface area contributed by atoms with Gasteiger partial charge in [-0.15, -0.1) is 27.8 Å². The number of aliphatic hydroxyl groups excluding tert-OH is 1. The second kappa shape index (κ2) is 16.3. The Morgan fingerprint density at radius 2 is 1.95 bits per heavy atom. The number of fused-ring (bicyclic) bond motifs is 4. The maximum Gasteiger partial charge on any atom is 0.319 e. The molecule has 2 aromatic carbocycles. The third-order valence-electron chi connectivity index (χ3n) is 11.1. The lowest BCUT2D eigenvalue weighted by Gasteiger charge is -2.34. The van der Waals surface area contributed by atoms with Crippen molar-refractivity contribution in [2.75, 3.05) is 20.1 Å². The zero-order valence-electron chi connectivity index (χ0n) is 31.0. The Morgan fingerprint density at radius 1 is 1.11 bits per heavy atom. The lowest BCUT2D eigenvalue weighted by molar-refractivity contribution is -0.151. The van der Waals surface area contributed by atoms with Gasteiger partial charge in [-0.25, -0.2) is 4.68 Å². The van der Waals surface area contributed by atoms with Gasteiger partial charge in [0.25, 0.3) is 0 Å². The van der Waals surface area contributed by atoms with Gasteiger partial charge in [0.15, 0.2) is 0 Å². The number of hydrogen-bond donors (Lipinski definition) is 4. The molecule has 0 saturated heterocycles. The van der Waals surface area contributed by atoms with Gasteiger partial charge in [0.2, 0.25) is 5.56 Å². The van der Waals surface area contributed by atoms with Crippen LogP contribution in [0.4, 0.5) is 0 Å². The van der Waals surface area contributed by atoms with Crippen molar-refractivity contribution in [1.29, 1.82) is 0 Å². The predicted octanol–water partition coefficient (Wildman–Crippen LogP) is 6.27. The number of carbonyl (C=O) groups excluding carboxylic acids is 1. The van der Waals surface area contributed by atoms with Crippen LogP contribution in [0.5, 0.6) is 5.75 Å². The number of esters is 1. The molecular formula is C41H46N6O6S2. The molecule has 2 atom stereocenters. The molecule has 2 aliphatic rings. The summed E-state index contributed by atoms with van der Waals surface area (Å²) in [6.07, 6.45) is 3.73. The highest BCUT2D eigenvalue weighted by Gasteiger charge is 2.32. The molecule has 0 radical (unpaired) electrons. The standard InChI is InChI=1S/C41H46N6O6S2/c1-24-6-14-36(55-24)38(35-5-3-18-54-35)41(51)53-27-9-7-26(8-10-27)46(2)16-4-17-47-40-31-23-52-22-30(31)25(19-32(40)44-45-47)20-42-21-34(49)28-11-13-33(48)39-29(28)12-15-37(50)43-39/h3,5-6,11-15,18-19,26-27,34,38,42,48-49H,4,7-10,16-17,20-23H2,1-2H3,(H,43,50)/t26?,27?,34-,38?/m0/s1. The number of pyridine rings is 1. The Kier molecular flexibility index (Phi) is 11.1. The van der Waals surface area contributed by atoms with E-state index in [1.165, 1.54) is 17.0 Å². The number of rotatable bonds is 14. The Balaban J connectivity index is 0.837. The van der Waals surface area contributed by atoms with Gasteiger partial charge in [-0.05, 0) is 111 Å². The Morgan fingerprint density at radius 3 is 2.73 bits per heavy atom. The SMILES string of the molecule is Cc1ccc(C(C(=O)OC2CCC(N(C)CCCn3nnc4cc(CNC[C@H](O)c5ccc(O)c6[nH]c(=O)ccc56)c5c(c43)COC5)CC2)c2cccs2)s1. The summed E-state index contributed by atoms with van der Waals surface area (Å²) in [6.45, 7) is 5.52. The van der Waals surface area contributed by atoms with Gasteiger partial charge >= 0.3 is 5.97 Å². The second-order valence-electron chi connectivity index (χ2n) is 14.7. The number of aliphatic hydroxyl groups is 1. The Bertz CT molecular complexity index is 2340. The number of aryl methyl sites for hydroxylation is 2. The number of phenolic OH excluding ortho intramolecular Hbond substituents is 1. The van der Waals surface area contributed by atoms with Gasteiger partial charge in [0.1, 0.15) is 23.3 Å². The summed E-state index contributed by atoms with van der Waals surface area (Å²) in [5.74, 6) is -0.528. The molecular weight excluding hydrogens is 737 g/mol. The number of H-pyrrole nitrogens is 1. The van der Waals surface area contributed by atoms with Crippen LogP contribution in [0.15, 0.2) is 64.8 Å². The number of aromatic nitrogens is 4. The number of aromatic hydroxyl groups is 1. The first kappa shape index (κ1) is 37.5. The minimum atomic E-state index is -0.858. The fourth-order valence-electron chi connectivity index (χ4n) is 8.16. The normalized spacial score (nSPS) is 18.3. The first-order valence-corrected chi connectivity index (χ1v) is 20.6. The predicted molar refractivity (Wildman–Crippen MR) is 214 cm³/mol. The molecule has 12 nitrogen and oxygen atoms in total. The van der Waals surface area contributed by atoms with Crippen LogP contribution in [0.3, 0.4) is 0 Å². The zero-order valence-corrected chi connectivity index (χ0v) is 32.6. The number of nitrogens with zero attached hydrogens (tertiary/aromatic N) is 4. The minimum Gasteiger partial charge on any atom is -0.506 e. The van der Waals surface area contributed by atoms with Gasteiger partial charge in [-0.3, -0.25) is 9.59 Å². The first-order valence-electron chi connectivity index (χ1n) is 18.9. The van der Waals surface area contributed by atoms with E-state index in [1.54, 1.807) is 34.8 Å². The van der Waals surface area contributed by atoms with Crippen LogP contribution in [0, 0.1) is 6.92 Å². The van der Waals surface area contributed by atoms with Crippen molar-refractivity contribution >= 4 is 50.6 Å². The highest BCUT2D eigenvalue weighted by molar-refractivity contribution is 7.13. The highest BCUT2D eigenvalue weighted by atomic mass is 32.1. The first-order chi connectivity index (χ1) is 26.7. The zero-order chi connectivity index (χ0) is 38.1. The molecule has 288 valence electrons. The average molecular weight is 783 g/mol. The van der Waals surface area contributed by atoms with E-state index in [2.05, 4.69) is 57.7 Å². The summed E-state index contributed by atoms with van der Waals surface area (Å²) in [7, 11) is 2.19. The van der Waals surface area contributed by atoms with Crippen molar-refractivity contribution in [3.8, 4) is 5.75 Å². The number of carbonyl (C=O) groups is 1. The fraction of sp³-hybridized carbons (Fsp3) is 0.415. The molecule has 1 saturated carbocycles. The van der Waals surface area contributed by atoms with E-state index in [-0.39, 0.29) is 35.8 Å². The average Bonchev–Trinajstić information content (AvgIpc) is 4.01. The molecule has 4 N–H and O–H groups in total. The van der Waals surface area contributed by atoms with Crippen LogP contribution in [0.2, 0.25) is 0 Å². The number of ether oxygens (including phenoxy) is 2. The van der Waals surface area contributed by atoms with Crippen molar-refractivity contribution < 1.29 is 24.5 Å². The second-order valence-corrected chi connectivity index (χ2v) is 17.0. The van der Waals surface area contributed by atoms with Gasteiger partial charge in [-0.2, -0.15) is 0 Å². The molecule has 8 rings (SSSR count). The van der Waals surface area contributed by atoms with Crippen LogP contribution >= 0.6 is 22.7 Å². The van der Waals surface area contributed by atoms with Gasteiger partial charge < -0.3 is 34.9 Å². The van der Waals surface area contributed by atoms with Crippen molar-refractivity contribution in [3.63, 3.8) is 0 Å². The van der Waals surface area contributed by atoms with E-state index < -0.39 is 6.10 Å². The lowest BCUT2D eigenvalue weighted by Crippen LogP contribution is -2.38. The largest absolute Gasteiger partial charge is 0.506 e. The molecule has 0 spiro atoms. The van der Waals surface area contributed by atoms with E-state index in [1.807, 2.05) is 22.2 Å². The number of benzene rings is 2. The summed E-state index contributed by atoms with van der Waals surface area (Å²) >= 11 is 3.27. The summed E-state index contributed by atoms with van der Waals surface area (Å²) in [5.41, 5.74) is 5.76. The molecule has 1 unspecified atom stereocenters. The fourth-order valence-corrected chi connectivity index (χ4v) is 10.0. The molecule has 14 heteroatoms. The topological polar surface area (TPSA) is 155 Å². The lowest BCUT2D eigenvalue weighted by atomic mass is 9.91. The van der Waals surface area contributed by atoms with Gasteiger partial charge in [-0.1, -0.05) is 17.3 Å². The number of thiophene rings is 2. The number of phenols is 1. The van der Waals surface area contributed by atoms with Crippen LogP contribution in [-0.2, 0) is 40.6 Å². The van der Waals surface area contributed by atoms with Crippen LogP contribution in [0.1, 0.15) is 81.0 Å². The van der Waals surface area contributed by atoms with Crippen molar-refractivity contribution in [3.05, 3.63) is 107 Å². The minimum absolute atomic E-state index is 0.0387. The molecule has 1 aliphatic carbocycles. The highest BCUT2D eigenvalue weighted by Crippen LogP contribution is 2.36. The Hall–Kier alpha value is -4.44. The molecule has 0 bridgehead atoms. The molecule has 4 aromatic heterocycles. The van der Waals surface area contributed by atoms with Gasteiger partial charge in [0.05, 0.1) is 30.4 Å². The molecule has 5 heterocycles. The quantitative estimate of drug-likeness (QED) is 0.0930. The van der Waals surface area contributed by atoms with Crippen molar-refractivity contribution in [1.82, 2.24) is 30.2 Å². The summed E-state index contributed by atoms with van der Waals surface area (Å²) in [4.78, 5) is 33.6. The van der Waals surface area contributed by atoms with Crippen molar-refractivity contribution in [2.24, 2.45) is 0 Å². The monoisotopic (exact) mass is 782 g/mol. The number of aromatic amines is 1. The summed E-state index contributed by atoms with van der Waals surface area (Å²) in [6, 6.07) is 16.8. The number of nitrogens with one attached hydrogen (secondary N) is 2. The van der Waals surface area contributed by atoms with E-state index >= 15 is 0 Å². The van der Waals surface area contributed by atoms with E-state index in [4.69, 9.17) is 9.47 Å². The molecule has 0 amide bonds. The van der Waals surface area contributed by atoms with E-state index in [0.717, 1.165) is 82.7 Å². The van der Waals surface area contributed by atoms with Crippen LogP contribution in [-0.4, -0.2) is 73.3 Å². The van der Waals surface area contributed by atoms with Crippen molar-refractivity contribution in [2.45, 2.75) is 89.5 Å². The maximum atomic E-state index is 13.5. The van der Waals surface area contributed by atoms with E-state index in [0.29, 0.717) is 42.3 Å². The smallest absolute Gasteiger partial charge is 0.319 e. The number of hydrogen-bond acceptors (Lipinski definition) is 12. The van der Waals surface area contributed by atoms with E-state index in [9.17, 15) is 19.8 Å². The summed E-state index contributed by atoms with van der Waals surface area (Å²) < 4.78 is 14.1. The molecule has 1 fully saturated rings. The van der Waals surface area contributed by atoms with Crippen LogP contribution in [0.25, 0.3) is 21.9 Å². The van der Waals surface area contributed by atoms with Crippen LogP contribution < -0.4 is 10.9 Å². The summed E-state index contributed by atoms with van der Waals surface area (Å²) in [5, 5.41) is 36.3.